The zero-order chi connectivity index (χ0) is 11.0. The average molecular weight is 208 g/mol. The topological polar surface area (TPSA) is 26.3 Å². The lowest BCUT2D eigenvalue weighted by Crippen LogP contribution is -2.32. The van der Waals surface area contributed by atoms with E-state index >= 15 is 0 Å². The molecule has 0 heterocycles. The highest BCUT2D eigenvalue weighted by Crippen LogP contribution is 2.51. The zero-order valence-electron chi connectivity index (χ0n) is 9.77. The first-order valence-corrected chi connectivity index (χ1v) is 6.00. The molecule has 1 fully saturated rings. The van der Waals surface area contributed by atoms with Crippen LogP contribution >= 0.6 is 0 Å². The number of hydrogen-bond donors (Lipinski definition) is 0. The van der Waals surface area contributed by atoms with Crippen molar-refractivity contribution in [3.05, 3.63) is 12.2 Å². The molecule has 0 amide bonds. The van der Waals surface area contributed by atoms with Crippen LogP contribution in [0, 0.1) is 29.6 Å². The van der Waals surface area contributed by atoms with Crippen LogP contribution in [0.3, 0.4) is 0 Å². The first kappa shape index (κ1) is 10.7. The second-order valence-electron chi connectivity index (χ2n) is 5.05. The maximum atomic E-state index is 11.9. The molecule has 2 nitrogen and oxygen atoms in total. The molecule has 2 aliphatic rings. The van der Waals surface area contributed by atoms with Crippen molar-refractivity contribution in [2.24, 2.45) is 29.6 Å². The average Bonchev–Trinajstić information content (AvgIpc) is 2.76. The van der Waals surface area contributed by atoms with Crippen LogP contribution in [-0.4, -0.2) is 12.6 Å². The lowest BCUT2D eigenvalue weighted by molar-refractivity contribution is -0.151. The van der Waals surface area contributed by atoms with E-state index in [9.17, 15) is 4.79 Å². The number of hydrogen-bond acceptors (Lipinski definition) is 2. The molecule has 0 spiro atoms. The second kappa shape index (κ2) is 3.99. The summed E-state index contributed by atoms with van der Waals surface area (Å²) in [6.45, 7) is 6.81. The molecule has 0 saturated heterocycles. The largest absolute Gasteiger partial charge is 0.466 e. The maximum Gasteiger partial charge on any atom is 0.309 e. The van der Waals surface area contributed by atoms with Crippen molar-refractivity contribution in [1.82, 2.24) is 0 Å². The van der Waals surface area contributed by atoms with E-state index in [1.165, 1.54) is 0 Å². The summed E-state index contributed by atoms with van der Waals surface area (Å²) in [6.07, 6.45) is 5.67. The predicted molar refractivity (Wildman–Crippen MR) is 59.2 cm³/mol. The van der Waals surface area contributed by atoms with Gasteiger partial charge in [-0.3, -0.25) is 4.79 Å². The van der Waals surface area contributed by atoms with Crippen molar-refractivity contribution in [3.8, 4) is 0 Å². The minimum absolute atomic E-state index is 0.0213. The third kappa shape index (κ3) is 1.70. The fourth-order valence-corrected chi connectivity index (χ4v) is 3.34. The van der Waals surface area contributed by atoms with E-state index in [1.54, 1.807) is 0 Å². The number of ether oxygens (including phenoxy) is 1. The van der Waals surface area contributed by atoms with Gasteiger partial charge in [0.2, 0.25) is 0 Å². The molecule has 2 aliphatic carbocycles. The number of carbonyl (C=O) groups excluding carboxylic acids is 1. The normalized spacial score (nSPS) is 37.6. The van der Waals surface area contributed by atoms with Gasteiger partial charge in [-0.05, 0) is 37.0 Å². The van der Waals surface area contributed by atoms with E-state index in [0.717, 1.165) is 6.42 Å². The molecule has 0 unspecified atom stereocenters. The summed E-state index contributed by atoms with van der Waals surface area (Å²) in [5.74, 6) is 2.28. The van der Waals surface area contributed by atoms with Gasteiger partial charge in [0.1, 0.15) is 0 Å². The molecule has 2 bridgehead atoms. The molecule has 0 aromatic heterocycles. The van der Waals surface area contributed by atoms with Crippen molar-refractivity contribution in [2.75, 3.05) is 6.61 Å². The Balaban J connectivity index is 2.15. The van der Waals surface area contributed by atoms with Crippen LogP contribution < -0.4 is 0 Å². The van der Waals surface area contributed by atoms with Crippen molar-refractivity contribution >= 4 is 5.97 Å². The molecule has 15 heavy (non-hydrogen) atoms. The lowest BCUT2D eigenvalue weighted by Gasteiger charge is -2.29. The van der Waals surface area contributed by atoms with Crippen LogP contribution in [0.5, 0.6) is 0 Å². The number of allylic oxidation sites excluding steroid dienone is 2. The van der Waals surface area contributed by atoms with Gasteiger partial charge in [-0.15, -0.1) is 0 Å². The number of carbonyl (C=O) groups is 1. The molecule has 4 atom stereocenters. The summed E-state index contributed by atoms with van der Waals surface area (Å²) in [4.78, 5) is 11.9. The van der Waals surface area contributed by atoms with Gasteiger partial charge in [0.15, 0.2) is 0 Å². The molecule has 2 rings (SSSR count). The fraction of sp³-hybridized carbons (Fsp3) is 0.769. The second-order valence-corrected chi connectivity index (χ2v) is 5.05. The minimum Gasteiger partial charge on any atom is -0.466 e. The molecular weight excluding hydrogens is 188 g/mol. The van der Waals surface area contributed by atoms with E-state index in [2.05, 4.69) is 26.0 Å². The molecule has 0 aromatic rings. The molecule has 0 aliphatic heterocycles. The summed E-state index contributed by atoms with van der Waals surface area (Å²) in [5.41, 5.74) is 0. The number of fused-ring (bicyclic) bond motifs is 2. The smallest absolute Gasteiger partial charge is 0.309 e. The molecule has 0 radical (unpaired) electrons. The first-order valence-electron chi connectivity index (χ1n) is 6.00. The monoisotopic (exact) mass is 208 g/mol. The van der Waals surface area contributed by atoms with E-state index in [0.29, 0.717) is 30.3 Å². The Bertz CT molecular complexity index is 280. The van der Waals surface area contributed by atoms with Gasteiger partial charge >= 0.3 is 5.97 Å². The van der Waals surface area contributed by atoms with Gasteiger partial charge < -0.3 is 4.74 Å². The first-order chi connectivity index (χ1) is 7.15. The Morgan fingerprint density at radius 3 is 2.67 bits per heavy atom. The van der Waals surface area contributed by atoms with Crippen LogP contribution in [0.2, 0.25) is 0 Å². The van der Waals surface area contributed by atoms with Crippen LogP contribution in [0.25, 0.3) is 0 Å². The van der Waals surface area contributed by atoms with E-state index in [-0.39, 0.29) is 11.9 Å². The van der Waals surface area contributed by atoms with Gasteiger partial charge in [-0.25, -0.2) is 0 Å². The van der Waals surface area contributed by atoms with E-state index in [1.807, 2.05) is 6.92 Å². The Labute approximate surface area is 91.7 Å². The Hall–Kier alpha value is -0.790. The van der Waals surface area contributed by atoms with Gasteiger partial charge in [-0.2, -0.15) is 0 Å². The maximum absolute atomic E-state index is 11.9. The third-order valence-corrected chi connectivity index (χ3v) is 3.85. The molecule has 0 aromatic carbocycles. The van der Waals surface area contributed by atoms with Gasteiger partial charge in [0.05, 0.1) is 12.5 Å². The zero-order valence-corrected chi connectivity index (χ0v) is 9.77. The van der Waals surface area contributed by atoms with Crippen LogP contribution in [-0.2, 0) is 9.53 Å². The molecule has 1 saturated carbocycles. The van der Waals surface area contributed by atoms with Gasteiger partial charge in [-0.1, -0.05) is 26.0 Å². The highest BCUT2D eigenvalue weighted by molar-refractivity contribution is 5.74. The Kier molecular flexibility index (Phi) is 2.85. The number of esters is 1. The predicted octanol–water partition coefficient (Wildman–Crippen LogP) is 2.64. The molecule has 84 valence electrons. The minimum atomic E-state index is 0.0213. The summed E-state index contributed by atoms with van der Waals surface area (Å²) >= 11 is 0. The SMILES string of the molecule is CCOC(=O)[C@H]1[C@H](C(C)C)[C@H]2C=C[C@H]1C2. The molecular formula is C13H20O2. The van der Waals surface area contributed by atoms with E-state index < -0.39 is 0 Å². The van der Waals surface area contributed by atoms with Crippen LogP contribution in [0.4, 0.5) is 0 Å². The summed E-state index contributed by atoms with van der Waals surface area (Å²) in [7, 11) is 0. The molecule has 2 heteroatoms. The third-order valence-electron chi connectivity index (χ3n) is 3.85. The highest BCUT2D eigenvalue weighted by atomic mass is 16.5. The van der Waals surface area contributed by atoms with Crippen LogP contribution in [0.1, 0.15) is 27.2 Å². The standard InChI is InChI=1S/C13H20O2/c1-4-15-13(14)12-10-6-5-9(7-10)11(12)8(2)3/h5-6,8-12H,4,7H2,1-3H3/t9-,10-,11+,12+/m0/s1. The highest BCUT2D eigenvalue weighted by Gasteiger charge is 2.49. The lowest BCUT2D eigenvalue weighted by atomic mass is 9.76. The van der Waals surface area contributed by atoms with Crippen molar-refractivity contribution in [3.63, 3.8) is 0 Å². The molecule has 0 N–H and O–H groups in total. The Morgan fingerprint density at radius 1 is 1.40 bits per heavy atom. The van der Waals surface area contributed by atoms with Crippen molar-refractivity contribution < 1.29 is 9.53 Å². The summed E-state index contributed by atoms with van der Waals surface area (Å²) < 4.78 is 5.19. The number of rotatable bonds is 3. The van der Waals surface area contributed by atoms with Crippen LogP contribution in [0.15, 0.2) is 12.2 Å². The van der Waals surface area contributed by atoms with Gasteiger partial charge in [0, 0.05) is 0 Å². The Morgan fingerprint density at radius 2 is 2.07 bits per heavy atom. The fourth-order valence-electron chi connectivity index (χ4n) is 3.34. The van der Waals surface area contributed by atoms with Crippen molar-refractivity contribution in [2.45, 2.75) is 27.2 Å². The summed E-state index contributed by atoms with van der Waals surface area (Å²) in [6, 6.07) is 0. The van der Waals surface area contributed by atoms with E-state index in [4.69, 9.17) is 4.74 Å². The van der Waals surface area contributed by atoms with Gasteiger partial charge in [0.25, 0.3) is 0 Å². The van der Waals surface area contributed by atoms with Crippen molar-refractivity contribution in [1.29, 1.82) is 0 Å². The quantitative estimate of drug-likeness (QED) is 0.526. The summed E-state index contributed by atoms with van der Waals surface area (Å²) in [5, 5.41) is 0.